The predicted molar refractivity (Wildman–Crippen MR) is 70.9 cm³/mol. The minimum Gasteiger partial charge on any atom is -0.346 e. The van der Waals surface area contributed by atoms with E-state index in [4.69, 9.17) is 0 Å². The van der Waals surface area contributed by atoms with Crippen molar-refractivity contribution < 1.29 is 9.59 Å². The maximum atomic E-state index is 11.5. The molecule has 1 rings (SSSR count). The Morgan fingerprint density at radius 2 is 1.61 bits per heavy atom. The second-order valence-corrected chi connectivity index (χ2v) is 4.48. The number of rotatable bonds is 4. The number of nitrogens with one attached hydrogen (secondary N) is 2. The summed E-state index contributed by atoms with van der Waals surface area (Å²) in [6.45, 7) is 6.09. The van der Waals surface area contributed by atoms with Gasteiger partial charge in [0.1, 0.15) is 0 Å². The second kappa shape index (κ2) is 6.79. The first-order valence-electron chi connectivity index (χ1n) is 6.19. The lowest BCUT2D eigenvalue weighted by Gasteiger charge is -2.09. The van der Waals surface area contributed by atoms with Crippen molar-refractivity contribution in [3.8, 4) is 0 Å². The van der Waals surface area contributed by atoms with E-state index in [1.54, 1.807) is 0 Å². The van der Waals surface area contributed by atoms with Crippen LogP contribution in [0.25, 0.3) is 0 Å². The highest BCUT2D eigenvalue weighted by Gasteiger charge is 2.13. The molecule has 0 fully saturated rings. The molecule has 4 heteroatoms. The van der Waals surface area contributed by atoms with Gasteiger partial charge in [0.05, 0.1) is 0 Å². The molecule has 0 radical (unpaired) electrons. The Bertz CT molecular complexity index is 410. The molecule has 1 aromatic rings. The van der Waals surface area contributed by atoms with E-state index < -0.39 is 11.8 Å². The van der Waals surface area contributed by atoms with Gasteiger partial charge in [0.15, 0.2) is 0 Å². The molecule has 0 aliphatic rings. The zero-order chi connectivity index (χ0) is 13.5. The average molecular weight is 248 g/mol. The fourth-order valence-corrected chi connectivity index (χ4v) is 1.48. The smallest absolute Gasteiger partial charge is 0.309 e. The molecule has 2 amide bonds. The lowest BCUT2D eigenvalue weighted by molar-refractivity contribution is -0.139. The molecule has 1 aromatic carbocycles. The van der Waals surface area contributed by atoms with Crippen molar-refractivity contribution in [2.75, 3.05) is 0 Å². The first kappa shape index (κ1) is 14.2. The number of carbonyl (C=O) groups is 2. The predicted octanol–water partition coefficient (Wildman–Crippen LogP) is 1.39. The first-order valence-corrected chi connectivity index (χ1v) is 6.19. The van der Waals surface area contributed by atoms with Crippen LogP contribution in [-0.2, 0) is 22.6 Å². The topological polar surface area (TPSA) is 58.2 Å². The Hall–Kier alpha value is -1.84. The van der Waals surface area contributed by atoms with Crippen LogP contribution in [0, 0.1) is 0 Å². The normalized spacial score (nSPS) is 10.2. The van der Waals surface area contributed by atoms with Gasteiger partial charge in [-0.3, -0.25) is 9.59 Å². The van der Waals surface area contributed by atoms with Crippen molar-refractivity contribution in [3.05, 3.63) is 35.4 Å². The number of carbonyl (C=O) groups excluding carboxylic acids is 2. The molecule has 0 saturated carbocycles. The Morgan fingerprint density at radius 3 is 2.11 bits per heavy atom. The number of amides is 2. The van der Waals surface area contributed by atoms with Crippen LogP contribution in [0.2, 0.25) is 0 Å². The van der Waals surface area contributed by atoms with Gasteiger partial charge in [-0.05, 0) is 31.4 Å². The van der Waals surface area contributed by atoms with Gasteiger partial charge in [-0.15, -0.1) is 0 Å². The van der Waals surface area contributed by atoms with E-state index in [2.05, 4.69) is 17.6 Å². The van der Waals surface area contributed by atoms with Crippen LogP contribution >= 0.6 is 0 Å². The molecule has 98 valence electrons. The molecule has 0 atom stereocenters. The molecule has 0 aliphatic heterocycles. The molecule has 0 bridgehead atoms. The van der Waals surface area contributed by atoms with Crippen LogP contribution in [0.5, 0.6) is 0 Å². The Morgan fingerprint density at radius 1 is 1.06 bits per heavy atom. The highest BCUT2D eigenvalue weighted by molar-refractivity contribution is 6.35. The summed E-state index contributed by atoms with van der Waals surface area (Å²) in [6.07, 6.45) is 0.990. The summed E-state index contributed by atoms with van der Waals surface area (Å²) in [5.41, 5.74) is 2.24. The Labute approximate surface area is 108 Å². The van der Waals surface area contributed by atoms with Crippen LogP contribution in [0.15, 0.2) is 24.3 Å². The zero-order valence-corrected chi connectivity index (χ0v) is 11.1. The standard InChI is InChI=1S/C14H20N2O2/c1-4-11-5-7-12(8-6-11)9-15-13(17)14(18)16-10(2)3/h5-8,10H,4,9H2,1-3H3,(H,15,17)(H,16,18). The molecule has 0 unspecified atom stereocenters. The van der Waals surface area contributed by atoms with E-state index in [0.717, 1.165) is 12.0 Å². The molecular weight excluding hydrogens is 228 g/mol. The van der Waals surface area contributed by atoms with Crippen LogP contribution < -0.4 is 10.6 Å². The van der Waals surface area contributed by atoms with E-state index >= 15 is 0 Å². The Balaban J connectivity index is 2.44. The summed E-state index contributed by atoms with van der Waals surface area (Å²) in [5, 5.41) is 5.14. The van der Waals surface area contributed by atoms with Gasteiger partial charge in [0.2, 0.25) is 0 Å². The molecule has 0 heterocycles. The van der Waals surface area contributed by atoms with E-state index in [0.29, 0.717) is 6.54 Å². The quantitative estimate of drug-likeness (QED) is 0.791. The lowest BCUT2D eigenvalue weighted by Crippen LogP contribution is -2.42. The maximum absolute atomic E-state index is 11.5. The summed E-state index contributed by atoms with van der Waals surface area (Å²) in [7, 11) is 0. The third kappa shape index (κ3) is 4.57. The van der Waals surface area contributed by atoms with Crippen molar-refractivity contribution in [3.63, 3.8) is 0 Å². The highest BCUT2D eigenvalue weighted by Crippen LogP contribution is 2.04. The molecule has 0 aromatic heterocycles. The summed E-state index contributed by atoms with van der Waals surface area (Å²) in [6, 6.07) is 7.93. The van der Waals surface area contributed by atoms with E-state index in [1.807, 2.05) is 38.1 Å². The van der Waals surface area contributed by atoms with Crippen molar-refractivity contribution in [2.24, 2.45) is 0 Å². The third-order valence-electron chi connectivity index (χ3n) is 2.51. The van der Waals surface area contributed by atoms with Gasteiger partial charge >= 0.3 is 11.8 Å². The van der Waals surface area contributed by atoms with Gasteiger partial charge in [0.25, 0.3) is 0 Å². The van der Waals surface area contributed by atoms with Crippen LogP contribution in [-0.4, -0.2) is 17.9 Å². The summed E-state index contributed by atoms with van der Waals surface area (Å²) >= 11 is 0. The number of hydrogen-bond donors (Lipinski definition) is 2. The van der Waals surface area contributed by atoms with Crippen LogP contribution in [0.3, 0.4) is 0 Å². The van der Waals surface area contributed by atoms with Gasteiger partial charge in [0, 0.05) is 12.6 Å². The van der Waals surface area contributed by atoms with Crippen molar-refractivity contribution >= 4 is 11.8 Å². The van der Waals surface area contributed by atoms with Gasteiger partial charge in [-0.2, -0.15) is 0 Å². The molecule has 0 aliphatic carbocycles. The molecule has 2 N–H and O–H groups in total. The van der Waals surface area contributed by atoms with Crippen molar-refractivity contribution in [2.45, 2.75) is 39.8 Å². The molecule has 4 nitrogen and oxygen atoms in total. The summed E-state index contributed by atoms with van der Waals surface area (Å²) in [5.74, 6) is -1.18. The van der Waals surface area contributed by atoms with E-state index in [-0.39, 0.29) is 6.04 Å². The molecule has 0 spiro atoms. The molecular formula is C14H20N2O2. The maximum Gasteiger partial charge on any atom is 0.309 e. The molecule has 18 heavy (non-hydrogen) atoms. The minimum atomic E-state index is -0.594. The molecule has 0 saturated heterocycles. The van der Waals surface area contributed by atoms with Crippen molar-refractivity contribution in [1.29, 1.82) is 0 Å². The summed E-state index contributed by atoms with van der Waals surface area (Å²) < 4.78 is 0. The van der Waals surface area contributed by atoms with Gasteiger partial charge in [-0.25, -0.2) is 0 Å². The number of hydrogen-bond acceptors (Lipinski definition) is 2. The highest BCUT2D eigenvalue weighted by atomic mass is 16.2. The van der Waals surface area contributed by atoms with Crippen molar-refractivity contribution in [1.82, 2.24) is 10.6 Å². The second-order valence-electron chi connectivity index (χ2n) is 4.48. The number of benzene rings is 1. The van der Waals surface area contributed by atoms with Crippen LogP contribution in [0.4, 0.5) is 0 Å². The van der Waals surface area contributed by atoms with Gasteiger partial charge < -0.3 is 10.6 Å². The van der Waals surface area contributed by atoms with E-state index in [9.17, 15) is 9.59 Å². The summed E-state index contributed by atoms with van der Waals surface area (Å²) in [4.78, 5) is 22.8. The number of aryl methyl sites for hydroxylation is 1. The largest absolute Gasteiger partial charge is 0.346 e. The zero-order valence-electron chi connectivity index (χ0n) is 11.1. The van der Waals surface area contributed by atoms with E-state index in [1.165, 1.54) is 5.56 Å². The third-order valence-corrected chi connectivity index (χ3v) is 2.51. The monoisotopic (exact) mass is 248 g/mol. The van der Waals surface area contributed by atoms with Crippen LogP contribution in [0.1, 0.15) is 31.9 Å². The lowest BCUT2D eigenvalue weighted by atomic mass is 10.1. The van der Waals surface area contributed by atoms with Gasteiger partial charge in [-0.1, -0.05) is 31.2 Å². The fourth-order valence-electron chi connectivity index (χ4n) is 1.48. The average Bonchev–Trinajstić information content (AvgIpc) is 2.35. The Kier molecular flexibility index (Phi) is 5.36. The fraction of sp³-hybridized carbons (Fsp3) is 0.429. The SMILES string of the molecule is CCc1ccc(CNC(=O)C(=O)NC(C)C)cc1. The minimum absolute atomic E-state index is 0.0351. The first-order chi connectivity index (χ1) is 8.52.